The number of carbonyl (C=O) groups excluding carboxylic acids is 1. The van der Waals surface area contributed by atoms with Gasteiger partial charge in [0.2, 0.25) is 5.91 Å². The predicted molar refractivity (Wildman–Crippen MR) is 114 cm³/mol. The lowest BCUT2D eigenvalue weighted by molar-refractivity contribution is -0.118. The Balaban J connectivity index is 2.18. The molecule has 0 saturated heterocycles. The summed E-state index contributed by atoms with van der Waals surface area (Å²) in [5.74, 6) is 0.529. The van der Waals surface area contributed by atoms with E-state index in [1.54, 1.807) is 19.2 Å². The summed E-state index contributed by atoms with van der Waals surface area (Å²) in [5, 5.41) is 16.6. The second-order valence-corrected chi connectivity index (χ2v) is 6.10. The van der Waals surface area contributed by atoms with Crippen LogP contribution in [-0.2, 0) is 4.79 Å². The molecular weight excluding hydrogens is 354 g/mol. The first-order valence-electron chi connectivity index (χ1n) is 8.98. The van der Waals surface area contributed by atoms with Crippen LogP contribution >= 0.6 is 0 Å². The molecule has 7 nitrogen and oxygen atoms in total. The average Bonchev–Trinajstić information content (AvgIpc) is 2.73. The fraction of sp³-hybridized carbons (Fsp3) is 0.238. The second-order valence-electron chi connectivity index (χ2n) is 6.10. The first kappa shape index (κ1) is 21.1. The van der Waals surface area contributed by atoms with Gasteiger partial charge in [-0.2, -0.15) is 0 Å². The van der Waals surface area contributed by atoms with E-state index in [1.165, 1.54) is 12.4 Å². The van der Waals surface area contributed by atoms with Gasteiger partial charge in [0.25, 0.3) is 0 Å². The van der Waals surface area contributed by atoms with E-state index in [4.69, 9.17) is 15.9 Å². The van der Waals surface area contributed by atoms with Gasteiger partial charge in [0.1, 0.15) is 11.8 Å². The normalized spacial score (nSPS) is 12.3. The zero-order chi connectivity index (χ0) is 20.4. The number of amides is 1. The molecule has 0 fully saturated rings. The number of carbonyl (C=O) groups is 1. The molecule has 6 N–H and O–H groups in total. The lowest BCUT2D eigenvalue weighted by atomic mass is 10.0. The molecule has 0 spiro atoms. The maximum Gasteiger partial charge on any atom is 0.246 e. The van der Waals surface area contributed by atoms with Gasteiger partial charge in [0, 0.05) is 36.8 Å². The van der Waals surface area contributed by atoms with Crippen LogP contribution in [0.1, 0.15) is 17.2 Å². The summed E-state index contributed by atoms with van der Waals surface area (Å²) in [6.45, 7) is 1.37. The molecule has 0 aliphatic heterocycles. The first-order chi connectivity index (χ1) is 13.6. The minimum atomic E-state index is -0.524. The topological polar surface area (TPSA) is 112 Å². The smallest absolute Gasteiger partial charge is 0.246 e. The summed E-state index contributed by atoms with van der Waals surface area (Å²) in [4.78, 5) is 12.9. The van der Waals surface area contributed by atoms with Crippen molar-refractivity contribution in [1.82, 2.24) is 10.6 Å². The van der Waals surface area contributed by atoms with Gasteiger partial charge in [-0.15, -0.1) is 0 Å². The van der Waals surface area contributed by atoms with Crippen LogP contribution in [0.3, 0.4) is 0 Å². The molecule has 0 radical (unpaired) electrons. The highest BCUT2D eigenvalue weighted by Crippen LogP contribution is 2.22. The number of allylic oxidation sites excluding steroid dienone is 1. The molecule has 0 aliphatic carbocycles. The maximum absolute atomic E-state index is 12.9. The molecule has 0 aromatic heterocycles. The number of hydrogen-bond donors (Lipinski definition) is 5. The van der Waals surface area contributed by atoms with Crippen molar-refractivity contribution < 1.29 is 9.53 Å². The molecule has 0 saturated carbocycles. The zero-order valence-corrected chi connectivity index (χ0v) is 16.2. The SMILES string of the molecule is CNCCN[C@@H](C(=O)Nc1ccc(/C(C=N)=C/N)cc1)c1cccc(OC)c1. The van der Waals surface area contributed by atoms with Crippen LogP contribution in [0.25, 0.3) is 5.57 Å². The van der Waals surface area contributed by atoms with Crippen molar-refractivity contribution in [3.05, 3.63) is 65.9 Å². The summed E-state index contributed by atoms with van der Waals surface area (Å²) in [5.41, 5.74) is 8.42. The van der Waals surface area contributed by atoms with E-state index in [0.717, 1.165) is 17.7 Å². The molecule has 1 amide bonds. The Labute approximate surface area is 165 Å². The fourth-order valence-corrected chi connectivity index (χ4v) is 2.71. The highest BCUT2D eigenvalue weighted by molar-refractivity contribution is 6.08. The Kier molecular flexibility index (Phi) is 8.20. The second kappa shape index (κ2) is 10.9. The summed E-state index contributed by atoms with van der Waals surface area (Å²) in [6, 6.07) is 14.1. The summed E-state index contributed by atoms with van der Waals surface area (Å²) >= 11 is 0. The third kappa shape index (κ3) is 5.67. The van der Waals surface area contributed by atoms with E-state index in [1.807, 2.05) is 43.4 Å². The molecule has 2 aromatic rings. The molecule has 0 bridgehead atoms. The predicted octanol–water partition coefficient (Wildman–Crippen LogP) is 2.13. The lowest BCUT2D eigenvalue weighted by Gasteiger charge is -2.19. The third-order valence-corrected chi connectivity index (χ3v) is 4.23. The van der Waals surface area contributed by atoms with E-state index in [2.05, 4.69) is 16.0 Å². The number of ether oxygens (including phenoxy) is 1. The van der Waals surface area contributed by atoms with Crippen LogP contribution in [-0.4, -0.2) is 39.4 Å². The number of benzene rings is 2. The van der Waals surface area contributed by atoms with Crippen LogP contribution in [0, 0.1) is 5.41 Å². The minimum absolute atomic E-state index is 0.168. The number of methoxy groups -OCH3 is 1. The van der Waals surface area contributed by atoms with E-state index in [-0.39, 0.29) is 5.91 Å². The molecule has 0 heterocycles. The number of anilines is 1. The van der Waals surface area contributed by atoms with Gasteiger partial charge in [0.05, 0.1) is 7.11 Å². The van der Waals surface area contributed by atoms with Crippen molar-refractivity contribution >= 4 is 23.4 Å². The van der Waals surface area contributed by atoms with Gasteiger partial charge in [-0.25, -0.2) is 0 Å². The van der Waals surface area contributed by atoms with Gasteiger partial charge in [-0.1, -0.05) is 24.3 Å². The average molecular weight is 381 g/mol. The molecule has 28 heavy (non-hydrogen) atoms. The number of nitrogens with one attached hydrogen (secondary N) is 4. The van der Waals surface area contributed by atoms with Crippen LogP contribution in [0.15, 0.2) is 54.7 Å². The highest BCUT2D eigenvalue weighted by Gasteiger charge is 2.20. The van der Waals surface area contributed by atoms with E-state index < -0.39 is 6.04 Å². The zero-order valence-electron chi connectivity index (χ0n) is 16.2. The third-order valence-electron chi connectivity index (χ3n) is 4.23. The Hall–Kier alpha value is -3.16. The van der Waals surface area contributed by atoms with Gasteiger partial charge in [0.15, 0.2) is 0 Å². The van der Waals surface area contributed by atoms with Crippen LogP contribution in [0.4, 0.5) is 5.69 Å². The van der Waals surface area contributed by atoms with Crippen LogP contribution in [0.2, 0.25) is 0 Å². The molecule has 2 rings (SSSR count). The minimum Gasteiger partial charge on any atom is -0.497 e. The van der Waals surface area contributed by atoms with E-state index >= 15 is 0 Å². The number of likely N-dealkylation sites (N-methyl/N-ethyl adjacent to an activating group) is 1. The Morgan fingerprint density at radius 2 is 1.96 bits per heavy atom. The lowest BCUT2D eigenvalue weighted by Crippen LogP contribution is -2.36. The largest absolute Gasteiger partial charge is 0.497 e. The number of nitrogens with two attached hydrogens (primary N) is 1. The standard InChI is InChI=1S/C21H27N5O2/c1-24-10-11-25-20(16-4-3-5-19(12-16)28-2)21(27)26-18-8-6-15(7-9-18)17(13-22)14-23/h3-9,12-14,20,22,24-25H,10-11,23H2,1-2H3,(H,26,27)/b17-14+,22-13?/t20-/m1/s1. The first-order valence-corrected chi connectivity index (χ1v) is 8.98. The van der Waals surface area contributed by atoms with Crippen molar-refractivity contribution in [3.8, 4) is 5.75 Å². The van der Waals surface area contributed by atoms with Gasteiger partial charge < -0.3 is 31.8 Å². The van der Waals surface area contributed by atoms with Crippen molar-refractivity contribution in [2.45, 2.75) is 6.04 Å². The maximum atomic E-state index is 12.9. The van der Waals surface area contributed by atoms with Crippen LogP contribution in [0.5, 0.6) is 5.75 Å². The van der Waals surface area contributed by atoms with Crippen molar-refractivity contribution in [2.24, 2.45) is 5.73 Å². The summed E-state index contributed by atoms with van der Waals surface area (Å²) in [7, 11) is 3.46. The van der Waals surface area contributed by atoms with Gasteiger partial charge >= 0.3 is 0 Å². The highest BCUT2D eigenvalue weighted by atomic mass is 16.5. The van der Waals surface area contributed by atoms with Crippen LogP contribution < -0.4 is 26.4 Å². The van der Waals surface area contributed by atoms with Crippen molar-refractivity contribution in [2.75, 3.05) is 32.6 Å². The molecule has 2 aromatic carbocycles. The molecule has 0 aliphatic rings. The fourth-order valence-electron chi connectivity index (χ4n) is 2.71. The van der Waals surface area contributed by atoms with Gasteiger partial charge in [-0.05, 0) is 42.4 Å². The number of rotatable bonds is 10. The number of hydrogen-bond acceptors (Lipinski definition) is 6. The van der Waals surface area contributed by atoms with Crippen molar-refractivity contribution in [3.63, 3.8) is 0 Å². The van der Waals surface area contributed by atoms with E-state index in [9.17, 15) is 4.79 Å². The molecule has 0 unspecified atom stereocenters. The molecular formula is C21H27N5O2. The van der Waals surface area contributed by atoms with Gasteiger partial charge in [-0.3, -0.25) is 4.79 Å². The molecule has 148 valence electrons. The van der Waals surface area contributed by atoms with E-state index in [0.29, 0.717) is 23.6 Å². The quantitative estimate of drug-likeness (QED) is 0.320. The summed E-state index contributed by atoms with van der Waals surface area (Å²) in [6.07, 6.45) is 2.57. The monoisotopic (exact) mass is 381 g/mol. The Bertz CT molecular complexity index is 818. The molecule has 1 atom stereocenters. The molecule has 7 heteroatoms. The summed E-state index contributed by atoms with van der Waals surface area (Å²) < 4.78 is 5.28. The Morgan fingerprint density at radius 3 is 2.57 bits per heavy atom. The van der Waals surface area contributed by atoms with Crippen molar-refractivity contribution in [1.29, 1.82) is 5.41 Å². The Morgan fingerprint density at radius 1 is 1.21 bits per heavy atom.